The van der Waals surface area contributed by atoms with Crippen LogP contribution < -0.4 is 10.6 Å². The molecule has 0 spiro atoms. The minimum absolute atomic E-state index is 0.0156. The molecule has 144 valence electrons. The summed E-state index contributed by atoms with van der Waals surface area (Å²) in [5.41, 5.74) is 3.05. The number of amides is 1. The fraction of sp³-hybridized carbons (Fsp3) is 0.105. The van der Waals surface area contributed by atoms with Crippen LogP contribution in [0.4, 0.5) is 11.5 Å². The van der Waals surface area contributed by atoms with Gasteiger partial charge in [-0.25, -0.2) is 4.98 Å². The molecule has 0 bridgehead atoms. The number of nitrogens with one attached hydrogen (secondary N) is 4. The number of carbonyl (C=O) groups excluding carboxylic acids is 1. The number of aromatic nitrogens is 4. The maximum atomic E-state index is 12.5. The molecule has 5 N–H and O–H groups in total. The van der Waals surface area contributed by atoms with E-state index in [0.717, 1.165) is 5.69 Å². The molecule has 0 aliphatic heterocycles. The first kappa shape index (κ1) is 19.4. The molecule has 0 saturated carbocycles. The second kappa shape index (κ2) is 8.55. The van der Waals surface area contributed by atoms with Gasteiger partial charge in [0.1, 0.15) is 5.69 Å². The van der Waals surface area contributed by atoms with Crippen molar-refractivity contribution in [2.45, 2.75) is 0 Å². The number of hydrogen-bond acceptors (Lipinski definition) is 5. The van der Waals surface area contributed by atoms with Crippen LogP contribution >= 0.6 is 11.6 Å². The first-order valence-corrected chi connectivity index (χ1v) is 8.79. The summed E-state index contributed by atoms with van der Waals surface area (Å²) in [6, 6.07) is 6.52. The van der Waals surface area contributed by atoms with Crippen molar-refractivity contribution in [1.82, 2.24) is 20.2 Å². The minimum atomic E-state index is -0.355. The Morgan fingerprint density at radius 3 is 2.75 bits per heavy atom. The van der Waals surface area contributed by atoms with Crippen LogP contribution in [0, 0.1) is 0 Å². The zero-order valence-corrected chi connectivity index (χ0v) is 15.7. The highest BCUT2D eigenvalue weighted by molar-refractivity contribution is 6.33. The highest BCUT2D eigenvalue weighted by Crippen LogP contribution is 2.24. The van der Waals surface area contributed by atoms with Gasteiger partial charge >= 0.3 is 0 Å². The second-order valence-electron chi connectivity index (χ2n) is 5.76. The Labute approximate surface area is 166 Å². The first-order valence-electron chi connectivity index (χ1n) is 8.42. The van der Waals surface area contributed by atoms with Crippen LogP contribution in [-0.4, -0.2) is 44.3 Å². The summed E-state index contributed by atoms with van der Waals surface area (Å²) < 4.78 is 0. The molecule has 3 aromatic rings. The van der Waals surface area contributed by atoms with E-state index in [1.54, 1.807) is 36.4 Å². The number of aromatic amines is 2. The van der Waals surface area contributed by atoms with Gasteiger partial charge in [0.15, 0.2) is 11.6 Å². The number of aliphatic hydroxyl groups excluding tert-OH is 1. The molecule has 0 fully saturated rings. The number of imidazole rings is 1. The molecule has 0 saturated heterocycles. The third kappa shape index (κ3) is 4.13. The standard InChI is InChI=1S/C19H19ClN6O2/c1-3-13-14(4-2)23-18(22-13)16-10-17(26-25-16)24-19(28)11-5-6-15(12(20)9-11)21-7-8-27/h3-6,9-10,21,27H,1-2,7-8H2,(H,22,23)(H2,24,25,26,28). The molecule has 9 heteroatoms. The zero-order valence-electron chi connectivity index (χ0n) is 14.9. The minimum Gasteiger partial charge on any atom is -0.395 e. The van der Waals surface area contributed by atoms with E-state index in [4.69, 9.17) is 16.7 Å². The van der Waals surface area contributed by atoms with E-state index >= 15 is 0 Å². The van der Waals surface area contributed by atoms with E-state index in [9.17, 15) is 4.79 Å². The molecule has 0 radical (unpaired) electrons. The van der Waals surface area contributed by atoms with Crippen LogP contribution in [0.15, 0.2) is 37.4 Å². The third-order valence-electron chi connectivity index (χ3n) is 3.89. The predicted octanol–water partition coefficient (Wildman–Crippen LogP) is 3.40. The number of carbonyl (C=O) groups is 1. The van der Waals surface area contributed by atoms with Gasteiger partial charge in [0.2, 0.25) is 0 Å². The SMILES string of the molecule is C=Cc1nc(-c2cc(NC(=O)c3ccc(NCCO)c(Cl)c3)n[nH]2)[nH]c1C=C. The van der Waals surface area contributed by atoms with Gasteiger partial charge in [-0.1, -0.05) is 24.8 Å². The Balaban J connectivity index is 1.73. The number of halogens is 1. The van der Waals surface area contributed by atoms with E-state index in [-0.39, 0.29) is 12.5 Å². The van der Waals surface area contributed by atoms with Crippen molar-refractivity contribution in [1.29, 1.82) is 0 Å². The van der Waals surface area contributed by atoms with Gasteiger partial charge in [-0.2, -0.15) is 5.10 Å². The molecular weight excluding hydrogens is 380 g/mol. The van der Waals surface area contributed by atoms with Gasteiger partial charge < -0.3 is 20.7 Å². The largest absolute Gasteiger partial charge is 0.395 e. The lowest BCUT2D eigenvalue weighted by Gasteiger charge is -2.08. The summed E-state index contributed by atoms with van der Waals surface area (Å²) in [7, 11) is 0. The maximum Gasteiger partial charge on any atom is 0.256 e. The molecule has 1 aromatic carbocycles. The van der Waals surface area contributed by atoms with E-state index in [1.807, 2.05) is 0 Å². The predicted molar refractivity (Wildman–Crippen MR) is 111 cm³/mol. The van der Waals surface area contributed by atoms with Gasteiger partial charge in [-0.15, -0.1) is 0 Å². The molecule has 2 aromatic heterocycles. The van der Waals surface area contributed by atoms with Crippen LogP contribution in [0.3, 0.4) is 0 Å². The fourth-order valence-electron chi connectivity index (χ4n) is 2.52. The Morgan fingerprint density at radius 1 is 1.29 bits per heavy atom. The van der Waals surface area contributed by atoms with Gasteiger partial charge in [0, 0.05) is 18.2 Å². The molecule has 0 unspecified atom stereocenters. The summed E-state index contributed by atoms with van der Waals surface area (Å²) in [6.07, 6.45) is 3.27. The molecule has 2 heterocycles. The zero-order chi connectivity index (χ0) is 20.1. The Kier molecular flexibility index (Phi) is 5.93. The molecule has 1 amide bonds. The van der Waals surface area contributed by atoms with Crippen molar-refractivity contribution in [2.75, 3.05) is 23.8 Å². The van der Waals surface area contributed by atoms with Crippen molar-refractivity contribution in [3.8, 4) is 11.5 Å². The van der Waals surface area contributed by atoms with Crippen molar-refractivity contribution >= 4 is 41.2 Å². The van der Waals surface area contributed by atoms with E-state index in [1.165, 1.54) is 0 Å². The highest BCUT2D eigenvalue weighted by Gasteiger charge is 2.13. The Hall–Kier alpha value is -3.36. The lowest BCUT2D eigenvalue weighted by Crippen LogP contribution is -2.12. The smallest absolute Gasteiger partial charge is 0.256 e. The number of anilines is 2. The fourth-order valence-corrected chi connectivity index (χ4v) is 2.77. The molecule has 0 atom stereocenters. The number of benzene rings is 1. The van der Waals surface area contributed by atoms with Crippen molar-refractivity contribution in [3.05, 3.63) is 59.4 Å². The van der Waals surface area contributed by atoms with E-state index in [0.29, 0.717) is 45.8 Å². The summed E-state index contributed by atoms with van der Waals surface area (Å²) in [4.78, 5) is 20.0. The van der Waals surface area contributed by atoms with E-state index < -0.39 is 0 Å². The van der Waals surface area contributed by atoms with Crippen LogP contribution in [0.1, 0.15) is 21.7 Å². The molecule has 0 aliphatic rings. The lowest BCUT2D eigenvalue weighted by atomic mass is 10.2. The summed E-state index contributed by atoms with van der Waals surface area (Å²) in [5, 5.41) is 21.8. The Morgan fingerprint density at radius 2 is 2.11 bits per heavy atom. The van der Waals surface area contributed by atoms with Crippen LogP contribution in [0.2, 0.25) is 5.02 Å². The van der Waals surface area contributed by atoms with Crippen LogP contribution in [-0.2, 0) is 0 Å². The Bertz CT molecular complexity index is 998. The molecular formula is C19H19ClN6O2. The van der Waals surface area contributed by atoms with Gasteiger partial charge in [-0.3, -0.25) is 9.89 Å². The molecule has 3 rings (SSSR count). The first-order chi connectivity index (χ1) is 13.5. The average molecular weight is 399 g/mol. The van der Waals surface area contributed by atoms with Crippen molar-refractivity contribution in [3.63, 3.8) is 0 Å². The summed E-state index contributed by atoms with van der Waals surface area (Å²) >= 11 is 6.17. The molecule has 0 aliphatic carbocycles. The number of H-pyrrole nitrogens is 2. The van der Waals surface area contributed by atoms with E-state index in [2.05, 4.69) is 44.0 Å². The highest BCUT2D eigenvalue weighted by atomic mass is 35.5. The topological polar surface area (TPSA) is 119 Å². The monoisotopic (exact) mass is 398 g/mol. The van der Waals surface area contributed by atoms with Gasteiger partial charge in [0.25, 0.3) is 5.91 Å². The number of hydrogen-bond donors (Lipinski definition) is 5. The summed E-state index contributed by atoms with van der Waals surface area (Å²) in [5.74, 6) is 0.544. The average Bonchev–Trinajstić information content (AvgIpc) is 3.33. The molecule has 28 heavy (non-hydrogen) atoms. The van der Waals surface area contributed by atoms with Crippen molar-refractivity contribution in [2.24, 2.45) is 0 Å². The summed E-state index contributed by atoms with van der Waals surface area (Å²) in [6.45, 7) is 7.79. The molecule has 8 nitrogen and oxygen atoms in total. The maximum absolute atomic E-state index is 12.5. The quantitative estimate of drug-likeness (QED) is 0.398. The van der Waals surface area contributed by atoms with Crippen molar-refractivity contribution < 1.29 is 9.90 Å². The second-order valence-corrected chi connectivity index (χ2v) is 6.17. The van der Waals surface area contributed by atoms with Crippen LogP contribution in [0.5, 0.6) is 0 Å². The number of rotatable bonds is 8. The number of nitrogens with zero attached hydrogens (tertiary/aromatic N) is 2. The number of aliphatic hydroxyl groups is 1. The van der Waals surface area contributed by atoms with Gasteiger partial charge in [0.05, 0.1) is 28.7 Å². The van der Waals surface area contributed by atoms with Gasteiger partial charge in [-0.05, 0) is 30.4 Å². The van der Waals surface area contributed by atoms with Crippen LogP contribution in [0.25, 0.3) is 23.7 Å². The third-order valence-corrected chi connectivity index (χ3v) is 4.20. The lowest BCUT2D eigenvalue weighted by molar-refractivity contribution is 0.102. The normalized spacial score (nSPS) is 10.5.